The molecular weight excluding hydrogens is 452 g/mol. The van der Waals surface area contributed by atoms with Crippen molar-refractivity contribution in [3.63, 3.8) is 0 Å². The molecule has 6 rings (SSSR count). The van der Waals surface area contributed by atoms with Crippen LogP contribution in [0.2, 0.25) is 0 Å². The van der Waals surface area contributed by atoms with E-state index in [4.69, 9.17) is 0 Å². The van der Waals surface area contributed by atoms with Gasteiger partial charge in [0.25, 0.3) is 5.91 Å². The molecule has 0 saturated heterocycles. The van der Waals surface area contributed by atoms with Crippen molar-refractivity contribution in [3.05, 3.63) is 33.4 Å². The molecule has 3 aromatic heterocycles. The van der Waals surface area contributed by atoms with Gasteiger partial charge in [0.1, 0.15) is 12.1 Å². The van der Waals surface area contributed by atoms with Crippen LogP contribution in [0.4, 0.5) is 11.8 Å². The standard InChI is InChI=1S/C23H28N8O2S/c1-30-20(11-25-29-30)27-23-28-26-12-31(23)15-6-7-18-16(8-15)21(22(33)24-10-13-2-3-13)19(34-18)9-17(32)14-4-5-14/h11-15H,2-10H2,1H3,(H,24,33)(H,27,28)/t15-/m0/s1. The molecule has 2 saturated carbocycles. The highest BCUT2D eigenvalue weighted by molar-refractivity contribution is 7.12. The van der Waals surface area contributed by atoms with Gasteiger partial charge in [-0.1, -0.05) is 5.21 Å². The van der Waals surface area contributed by atoms with E-state index < -0.39 is 0 Å². The van der Waals surface area contributed by atoms with Crippen molar-refractivity contribution >= 4 is 34.8 Å². The van der Waals surface area contributed by atoms with Gasteiger partial charge in [0.2, 0.25) is 5.95 Å². The number of rotatable bonds is 9. The molecule has 11 heteroatoms. The zero-order valence-corrected chi connectivity index (χ0v) is 20.0. The van der Waals surface area contributed by atoms with Crippen LogP contribution in [0.15, 0.2) is 12.5 Å². The van der Waals surface area contributed by atoms with Gasteiger partial charge in [0, 0.05) is 41.7 Å². The number of amides is 1. The highest BCUT2D eigenvalue weighted by atomic mass is 32.1. The fourth-order valence-corrected chi connectivity index (χ4v) is 6.08. The van der Waals surface area contributed by atoms with E-state index in [1.54, 1.807) is 28.5 Å². The predicted octanol–water partition coefficient (Wildman–Crippen LogP) is 2.60. The van der Waals surface area contributed by atoms with Gasteiger partial charge in [-0.3, -0.25) is 14.2 Å². The van der Waals surface area contributed by atoms with E-state index in [0.717, 1.165) is 54.0 Å². The second-order valence-corrected chi connectivity index (χ2v) is 10.9. The van der Waals surface area contributed by atoms with Gasteiger partial charge in [-0.15, -0.1) is 26.6 Å². The number of anilines is 2. The van der Waals surface area contributed by atoms with Crippen LogP contribution >= 0.6 is 11.3 Å². The van der Waals surface area contributed by atoms with E-state index in [-0.39, 0.29) is 23.7 Å². The lowest BCUT2D eigenvalue weighted by molar-refractivity contribution is -0.119. The van der Waals surface area contributed by atoms with E-state index in [2.05, 4.69) is 31.1 Å². The largest absolute Gasteiger partial charge is 0.352 e. The van der Waals surface area contributed by atoms with Gasteiger partial charge in [-0.05, 0) is 56.4 Å². The molecule has 34 heavy (non-hydrogen) atoms. The molecule has 10 nitrogen and oxygen atoms in total. The SMILES string of the molecule is Cn1nncc1Nc1nncn1[C@H]1CCc2sc(CC(=O)C3CC3)c(C(=O)NCC3CC3)c2C1. The summed E-state index contributed by atoms with van der Waals surface area (Å²) in [6.45, 7) is 0.723. The topological polar surface area (TPSA) is 120 Å². The van der Waals surface area contributed by atoms with Crippen molar-refractivity contribution in [1.82, 2.24) is 35.1 Å². The molecule has 0 aromatic carbocycles. The van der Waals surface area contributed by atoms with Crippen molar-refractivity contribution in [2.45, 2.75) is 57.4 Å². The van der Waals surface area contributed by atoms with E-state index in [1.165, 1.54) is 17.7 Å². The number of aryl methyl sites for hydroxylation is 2. The van der Waals surface area contributed by atoms with Crippen LogP contribution in [0.25, 0.3) is 0 Å². The number of fused-ring (bicyclic) bond motifs is 1. The third-order valence-electron chi connectivity index (χ3n) is 7.07. The lowest BCUT2D eigenvalue weighted by Crippen LogP contribution is -2.28. The molecule has 178 valence electrons. The fraction of sp³-hybridized carbons (Fsp3) is 0.565. The Morgan fingerprint density at radius 3 is 2.76 bits per heavy atom. The van der Waals surface area contributed by atoms with Crippen LogP contribution < -0.4 is 10.6 Å². The van der Waals surface area contributed by atoms with Gasteiger partial charge in [0.05, 0.1) is 11.8 Å². The second-order valence-electron chi connectivity index (χ2n) is 9.70. The Morgan fingerprint density at radius 2 is 2.03 bits per heavy atom. The summed E-state index contributed by atoms with van der Waals surface area (Å²) in [5.74, 6) is 2.41. The van der Waals surface area contributed by atoms with Crippen LogP contribution in [0.3, 0.4) is 0 Å². The summed E-state index contributed by atoms with van der Waals surface area (Å²) in [7, 11) is 1.81. The smallest absolute Gasteiger partial charge is 0.252 e. The Kier molecular flexibility index (Phi) is 5.43. The van der Waals surface area contributed by atoms with Crippen molar-refractivity contribution in [3.8, 4) is 0 Å². The lowest BCUT2D eigenvalue weighted by Gasteiger charge is -2.25. The molecule has 2 N–H and O–H groups in total. The first-order valence-electron chi connectivity index (χ1n) is 12.0. The Balaban J connectivity index is 1.27. The fourth-order valence-electron chi connectivity index (χ4n) is 4.72. The molecule has 2 fully saturated rings. The molecular formula is C23H28N8O2S. The first-order chi connectivity index (χ1) is 16.6. The number of nitrogens with zero attached hydrogens (tertiary/aromatic N) is 6. The average molecular weight is 481 g/mol. The van der Waals surface area contributed by atoms with E-state index in [1.807, 2.05) is 11.6 Å². The molecule has 0 spiro atoms. The quantitative estimate of drug-likeness (QED) is 0.483. The number of thiophene rings is 1. The maximum absolute atomic E-state index is 13.3. The maximum Gasteiger partial charge on any atom is 0.252 e. The van der Waals surface area contributed by atoms with E-state index in [0.29, 0.717) is 24.7 Å². The molecule has 1 amide bonds. The molecule has 0 aliphatic heterocycles. The molecule has 3 aliphatic carbocycles. The zero-order valence-electron chi connectivity index (χ0n) is 19.2. The summed E-state index contributed by atoms with van der Waals surface area (Å²) in [6.07, 6.45) is 10.6. The predicted molar refractivity (Wildman–Crippen MR) is 126 cm³/mol. The van der Waals surface area contributed by atoms with Crippen LogP contribution in [0, 0.1) is 11.8 Å². The Hall–Kier alpha value is -3.08. The molecule has 3 aliphatic rings. The lowest BCUT2D eigenvalue weighted by atomic mass is 9.90. The minimum Gasteiger partial charge on any atom is -0.352 e. The van der Waals surface area contributed by atoms with Gasteiger partial charge in [0.15, 0.2) is 5.82 Å². The summed E-state index contributed by atoms with van der Waals surface area (Å²) < 4.78 is 3.68. The minimum absolute atomic E-state index is 0.0216. The molecule has 0 bridgehead atoms. The van der Waals surface area contributed by atoms with Crippen LogP contribution in [0.1, 0.15) is 63.8 Å². The number of aromatic nitrogens is 6. The molecule has 1 atom stereocenters. The number of hydrogen-bond acceptors (Lipinski definition) is 8. The van der Waals surface area contributed by atoms with Crippen LogP contribution in [-0.2, 0) is 31.1 Å². The van der Waals surface area contributed by atoms with Crippen molar-refractivity contribution in [1.29, 1.82) is 0 Å². The van der Waals surface area contributed by atoms with E-state index in [9.17, 15) is 9.59 Å². The summed E-state index contributed by atoms with van der Waals surface area (Å²) in [4.78, 5) is 28.2. The maximum atomic E-state index is 13.3. The highest BCUT2D eigenvalue weighted by Gasteiger charge is 2.35. The Morgan fingerprint density at radius 1 is 1.18 bits per heavy atom. The molecule has 0 unspecified atom stereocenters. The summed E-state index contributed by atoms with van der Waals surface area (Å²) in [5, 5.41) is 22.6. The summed E-state index contributed by atoms with van der Waals surface area (Å²) >= 11 is 1.67. The number of carbonyl (C=O) groups is 2. The van der Waals surface area contributed by atoms with Crippen molar-refractivity contribution in [2.24, 2.45) is 18.9 Å². The second kappa shape index (κ2) is 8.61. The van der Waals surface area contributed by atoms with Gasteiger partial charge < -0.3 is 10.6 Å². The third kappa shape index (κ3) is 4.24. The number of Topliss-reactive ketones (excluding diaryl/α,β-unsaturated/α-hetero) is 1. The first kappa shape index (κ1) is 21.5. The Bertz CT molecular complexity index is 1240. The highest BCUT2D eigenvalue weighted by Crippen LogP contribution is 2.41. The normalized spacial score (nSPS) is 19.6. The van der Waals surface area contributed by atoms with Crippen LogP contribution in [-0.4, -0.2) is 48.0 Å². The van der Waals surface area contributed by atoms with Gasteiger partial charge >= 0.3 is 0 Å². The average Bonchev–Trinajstić information content (AvgIpc) is 3.73. The number of carbonyl (C=O) groups excluding carboxylic acids is 2. The van der Waals surface area contributed by atoms with Crippen LogP contribution in [0.5, 0.6) is 0 Å². The van der Waals surface area contributed by atoms with Gasteiger partial charge in [-0.25, -0.2) is 4.68 Å². The molecule has 0 radical (unpaired) electrons. The number of nitrogens with one attached hydrogen (secondary N) is 2. The number of hydrogen-bond donors (Lipinski definition) is 2. The van der Waals surface area contributed by atoms with Crippen molar-refractivity contribution < 1.29 is 9.59 Å². The third-order valence-corrected chi connectivity index (χ3v) is 8.36. The monoisotopic (exact) mass is 480 g/mol. The Labute approximate surface area is 201 Å². The van der Waals surface area contributed by atoms with Crippen molar-refractivity contribution in [2.75, 3.05) is 11.9 Å². The minimum atomic E-state index is -0.0216. The number of ketones is 1. The molecule has 3 aromatic rings. The first-order valence-corrected chi connectivity index (χ1v) is 12.8. The molecule has 3 heterocycles. The summed E-state index contributed by atoms with van der Waals surface area (Å²) in [6, 6.07) is 0.114. The van der Waals surface area contributed by atoms with E-state index >= 15 is 0 Å². The zero-order chi connectivity index (χ0) is 23.2. The van der Waals surface area contributed by atoms with Gasteiger partial charge in [-0.2, -0.15) is 0 Å². The summed E-state index contributed by atoms with van der Waals surface area (Å²) in [5.41, 5.74) is 1.84.